The molecule has 1 saturated heterocycles. The average molecular weight is 485 g/mol. The molecule has 1 aliphatic rings. The predicted octanol–water partition coefficient (Wildman–Crippen LogP) is 5.67. The van der Waals surface area contributed by atoms with Gasteiger partial charge in [-0.15, -0.1) is 10.2 Å². The van der Waals surface area contributed by atoms with Crippen LogP contribution in [0.1, 0.15) is 40.2 Å². The molecule has 5 rings (SSSR count). The van der Waals surface area contributed by atoms with Gasteiger partial charge in [0, 0.05) is 24.6 Å². The fourth-order valence-electron chi connectivity index (χ4n) is 4.15. The van der Waals surface area contributed by atoms with Crippen molar-refractivity contribution in [3.8, 4) is 11.5 Å². The van der Waals surface area contributed by atoms with Gasteiger partial charge in [0.25, 0.3) is 5.91 Å². The van der Waals surface area contributed by atoms with E-state index in [2.05, 4.69) is 22.4 Å². The van der Waals surface area contributed by atoms with Gasteiger partial charge >= 0.3 is 0 Å². The van der Waals surface area contributed by atoms with Crippen LogP contribution in [0, 0.1) is 0 Å². The summed E-state index contributed by atoms with van der Waals surface area (Å²) in [6.45, 7) is 2.63. The van der Waals surface area contributed by atoms with Crippen LogP contribution in [0.15, 0.2) is 78.9 Å². The van der Waals surface area contributed by atoms with Crippen molar-refractivity contribution < 1.29 is 14.3 Å². The van der Waals surface area contributed by atoms with Crippen LogP contribution >= 0.6 is 11.3 Å². The highest BCUT2D eigenvalue weighted by Gasteiger charge is 2.34. The van der Waals surface area contributed by atoms with Crippen LogP contribution in [0.4, 0.5) is 10.8 Å². The Morgan fingerprint density at radius 1 is 1.03 bits per heavy atom. The molecular formula is C27H24N4O3S. The van der Waals surface area contributed by atoms with Crippen LogP contribution in [0.5, 0.6) is 11.5 Å². The molecule has 0 radical (unpaired) electrons. The van der Waals surface area contributed by atoms with Crippen LogP contribution in [-0.4, -0.2) is 28.6 Å². The summed E-state index contributed by atoms with van der Waals surface area (Å²) in [5, 5.41) is 12.4. The largest absolute Gasteiger partial charge is 0.457 e. The quantitative estimate of drug-likeness (QED) is 0.366. The van der Waals surface area contributed by atoms with Crippen LogP contribution in [0.25, 0.3) is 0 Å². The van der Waals surface area contributed by atoms with E-state index in [9.17, 15) is 9.59 Å². The van der Waals surface area contributed by atoms with E-state index >= 15 is 0 Å². The molecule has 35 heavy (non-hydrogen) atoms. The van der Waals surface area contributed by atoms with Gasteiger partial charge in [0.05, 0.1) is 5.56 Å². The number of carbonyl (C=O) groups excluding carboxylic acids is 2. The SMILES string of the molecule is CCc1ccccc1N1CC(c2nnc(NC(=O)c3ccccc3Oc3ccccc3)s2)CC1=O. The van der Waals surface area contributed by atoms with Gasteiger partial charge in [-0.25, -0.2) is 0 Å². The molecule has 1 fully saturated rings. The summed E-state index contributed by atoms with van der Waals surface area (Å²) in [7, 11) is 0. The number of nitrogens with one attached hydrogen (secondary N) is 1. The molecule has 1 unspecified atom stereocenters. The Morgan fingerprint density at radius 2 is 1.77 bits per heavy atom. The summed E-state index contributed by atoms with van der Waals surface area (Å²) in [5.74, 6) is 0.770. The molecule has 0 aliphatic carbocycles. The number of para-hydroxylation sites is 3. The second-order valence-electron chi connectivity index (χ2n) is 8.20. The van der Waals surface area contributed by atoms with E-state index in [1.807, 2.05) is 65.6 Å². The summed E-state index contributed by atoms with van der Waals surface area (Å²) in [5.41, 5.74) is 2.49. The van der Waals surface area contributed by atoms with Gasteiger partial charge in [-0.2, -0.15) is 0 Å². The van der Waals surface area contributed by atoms with Gasteiger partial charge in [-0.1, -0.05) is 66.8 Å². The van der Waals surface area contributed by atoms with Crippen molar-refractivity contribution in [3.63, 3.8) is 0 Å². The number of hydrogen-bond acceptors (Lipinski definition) is 6. The minimum atomic E-state index is -0.333. The highest BCUT2D eigenvalue weighted by molar-refractivity contribution is 7.15. The van der Waals surface area contributed by atoms with Crippen molar-refractivity contribution in [2.24, 2.45) is 0 Å². The van der Waals surface area contributed by atoms with E-state index in [1.165, 1.54) is 11.3 Å². The zero-order valence-corrected chi connectivity index (χ0v) is 20.0. The number of hydrogen-bond donors (Lipinski definition) is 1. The van der Waals surface area contributed by atoms with E-state index in [1.54, 1.807) is 18.2 Å². The van der Waals surface area contributed by atoms with E-state index < -0.39 is 0 Å². The molecule has 1 aromatic heterocycles. The predicted molar refractivity (Wildman–Crippen MR) is 136 cm³/mol. The number of ether oxygens (including phenoxy) is 1. The van der Waals surface area contributed by atoms with Gasteiger partial charge < -0.3 is 9.64 Å². The zero-order valence-electron chi connectivity index (χ0n) is 19.2. The van der Waals surface area contributed by atoms with E-state index in [0.29, 0.717) is 35.2 Å². The molecule has 1 aliphatic heterocycles. The Labute approximate surface area is 207 Å². The molecule has 0 spiro atoms. The first-order valence-corrected chi connectivity index (χ1v) is 12.3. The van der Waals surface area contributed by atoms with Crippen molar-refractivity contribution in [2.75, 3.05) is 16.8 Å². The topological polar surface area (TPSA) is 84.4 Å². The summed E-state index contributed by atoms with van der Waals surface area (Å²) >= 11 is 1.30. The standard InChI is InChI=1S/C27H24N4O3S/c1-2-18-10-6-8-14-22(18)31-17-19(16-24(31)32)26-29-30-27(35-26)28-25(33)21-13-7-9-15-23(21)34-20-11-4-3-5-12-20/h3-15,19H,2,16-17H2,1H3,(H,28,30,33). The summed E-state index contributed by atoms with van der Waals surface area (Å²) in [6.07, 6.45) is 1.23. The molecule has 1 N–H and O–H groups in total. The van der Waals surface area contributed by atoms with Gasteiger partial charge in [0.15, 0.2) is 0 Å². The monoisotopic (exact) mass is 484 g/mol. The smallest absolute Gasteiger partial charge is 0.261 e. The van der Waals surface area contributed by atoms with Crippen LogP contribution in [-0.2, 0) is 11.2 Å². The van der Waals surface area contributed by atoms with Gasteiger partial charge in [-0.05, 0) is 42.3 Å². The van der Waals surface area contributed by atoms with Crippen LogP contribution in [0.3, 0.4) is 0 Å². The second-order valence-corrected chi connectivity index (χ2v) is 9.21. The number of nitrogens with zero attached hydrogens (tertiary/aromatic N) is 3. The fraction of sp³-hybridized carbons (Fsp3) is 0.185. The number of aryl methyl sites for hydroxylation is 1. The molecule has 7 nitrogen and oxygen atoms in total. The molecular weight excluding hydrogens is 460 g/mol. The zero-order chi connectivity index (χ0) is 24.2. The first kappa shape index (κ1) is 22.7. The number of carbonyl (C=O) groups is 2. The van der Waals surface area contributed by atoms with E-state index in [4.69, 9.17) is 4.74 Å². The minimum Gasteiger partial charge on any atom is -0.457 e. The van der Waals surface area contributed by atoms with Crippen molar-refractivity contribution >= 4 is 34.0 Å². The third kappa shape index (κ3) is 4.93. The van der Waals surface area contributed by atoms with Crippen LogP contribution < -0.4 is 15.0 Å². The molecule has 3 aromatic carbocycles. The number of aromatic nitrogens is 2. The molecule has 8 heteroatoms. The van der Waals surface area contributed by atoms with Crippen molar-refractivity contribution in [1.29, 1.82) is 0 Å². The first-order chi connectivity index (χ1) is 17.1. The molecule has 0 saturated carbocycles. The van der Waals surface area contributed by atoms with Gasteiger partial charge in [-0.3, -0.25) is 14.9 Å². The normalized spacial score (nSPS) is 15.3. The van der Waals surface area contributed by atoms with Crippen molar-refractivity contribution in [2.45, 2.75) is 25.7 Å². The van der Waals surface area contributed by atoms with E-state index in [-0.39, 0.29) is 17.7 Å². The number of rotatable bonds is 7. The van der Waals surface area contributed by atoms with Gasteiger partial charge in [0.2, 0.25) is 11.0 Å². The lowest BCUT2D eigenvalue weighted by molar-refractivity contribution is -0.117. The lowest BCUT2D eigenvalue weighted by Crippen LogP contribution is -2.25. The maximum atomic E-state index is 13.0. The molecule has 0 bridgehead atoms. The summed E-state index contributed by atoms with van der Waals surface area (Å²) in [4.78, 5) is 27.6. The molecule has 2 heterocycles. The Balaban J connectivity index is 1.29. The van der Waals surface area contributed by atoms with Crippen molar-refractivity contribution in [1.82, 2.24) is 10.2 Å². The van der Waals surface area contributed by atoms with Crippen molar-refractivity contribution in [3.05, 3.63) is 95.0 Å². The third-order valence-electron chi connectivity index (χ3n) is 5.90. The Kier molecular flexibility index (Phi) is 6.54. The number of benzene rings is 3. The summed E-state index contributed by atoms with van der Waals surface area (Å²) < 4.78 is 5.90. The lowest BCUT2D eigenvalue weighted by atomic mass is 10.1. The summed E-state index contributed by atoms with van der Waals surface area (Å²) in [6, 6.07) is 24.3. The second kappa shape index (κ2) is 10.1. The highest BCUT2D eigenvalue weighted by atomic mass is 32.1. The molecule has 4 aromatic rings. The number of anilines is 2. The highest BCUT2D eigenvalue weighted by Crippen LogP contribution is 2.36. The molecule has 2 amide bonds. The third-order valence-corrected chi connectivity index (χ3v) is 6.90. The lowest BCUT2D eigenvalue weighted by Gasteiger charge is -2.19. The van der Waals surface area contributed by atoms with Gasteiger partial charge in [0.1, 0.15) is 16.5 Å². The Morgan fingerprint density at radius 3 is 2.60 bits per heavy atom. The maximum absolute atomic E-state index is 13.0. The Bertz CT molecular complexity index is 1360. The first-order valence-electron chi connectivity index (χ1n) is 11.5. The van der Waals surface area contributed by atoms with E-state index in [0.717, 1.165) is 22.7 Å². The molecule has 1 atom stereocenters. The fourth-order valence-corrected chi connectivity index (χ4v) is 4.98. The molecule has 176 valence electrons. The Hall–Kier alpha value is -4.04. The maximum Gasteiger partial charge on any atom is 0.261 e. The average Bonchev–Trinajstić information content (AvgIpc) is 3.51. The number of amides is 2. The minimum absolute atomic E-state index is 0.0655. The van der Waals surface area contributed by atoms with Crippen LogP contribution in [0.2, 0.25) is 0 Å².